The number of nitrogens with one attached hydrogen (secondary N) is 1. The molecule has 0 aromatic heterocycles. The van der Waals surface area contributed by atoms with Crippen molar-refractivity contribution in [3.8, 4) is 0 Å². The zero-order chi connectivity index (χ0) is 27.6. The van der Waals surface area contributed by atoms with Crippen molar-refractivity contribution in [1.29, 1.82) is 0 Å². The maximum Gasteiger partial charge on any atom is 0.174 e. The molecule has 0 spiro atoms. The fourth-order valence-electron chi connectivity index (χ4n) is 6.99. The molecule has 3 aliphatic rings. The molecule has 0 saturated heterocycles. The minimum Gasteiger partial charge on any atom is -0.390 e. The lowest BCUT2D eigenvalue weighted by Crippen LogP contribution is -2.37. The molecule has 0 aromatic carbocycles. The van der Waals surface area contributed by atoms with E-state index < -0.39 is 5.60 Å². The van der Waals surface area contributed by atoms with Crippen molar-refractivity contribution in [2.45, 2.75) is 119 Å². The molecule has 5 atom stereocenters. The molecule has 2 N–H and O–H groups in total. The Hall–Kier alpha value is -0.990. The highest BCUT2D eigenvalue weighted by Crippen LogP contribution is 2.62. The van der Waals surface area contributed by atoms with Gasteiger partial charge in [0.25, 0.3) is 0 Å². The van der Waals surface area contributed by atoms with Crippen LogP contribution in [0.4, 0.5) is 0 Å². The van der Waals surface area contributed by atoms with E-state index in [0.29, 0.717) is 29.2 Å². The summed E-state index contributed by atoms with van der Waals surface area (Å²) in [7, 11) is 8.68. The molecule has 1 fully saturated rings. The zero-order valence-electron chi connectivity index (χ0n) is 25.5. The third-order valence-corrected chi connectivity index (χ3v) is 9.84. The van der Waals surface area contributed by atoms with Gasteiger partial charge in [0.2, 0.25) is 0 Å². The van der Waals surface area contributed by atoms with E-state index in [4.69, 9.17) is 7.85 Å². The molecule has 37 heavy (non-hydrogen) atoms. The van der Waals surface area contributed by atoms with Gasteiger partial charge >= 0.3 is 0 Å². The molecule has 2 nitrogen and oxygen atoms in total. The van der Waals surface area contributed by atoms with Crippen LogP contribution in [-0.4, -0.2) is 38.4 Å². The lowest BCUT2D eigenvalue weighted by molar-refractivity contribution is -0.00730. The third kappa shape index (κ3) is 7.57. The van der Waals surface area contributed by atoms with Gasteiger partial charge in [0.05, 0.1) is 5.60 Å². The van der Waals surface area contributed by atoms with Crippen molar-refractivity contribution < 1.29 is 5.11 Å². The second-order valence-electron chi connectivity index (χ2n) is 15.0. The Balaban J connectivity index is 1.68. The van der Waals surface area contributed by atoms with Gasteiger partial charge in [-0.05, 0) is 94.4 Å². The molecule has 3 aliphatic carbocycles. The normalized spacial score (nSPS) is 29.4. The second-order valence-corrected chi connectivity index (χ2v) is 15.0. The predicted molar refractivity (Wildman–Crippen MR) is 163 cm³/mol. The van der Waals surface area contributed by atoms with Crippen molar-refractivity contribution in [1.82, 2.24) is 5.32 Å². The van der Waals surface area contributed by atoms with Crippen LogP contribution < -0.4 is 5.32 Å². The first-order valence-corrected chi connectivity index (χ1v) is 14.9. The molecule has 5 unspecified atom stereocenters. The highest BCUT2D eigenvalue weighted by molar-refractivity contribution is 6.51. The first-order valence-electron chi connectivity index (χ1n) is 14.9. The molecule has 0 heterocycles. The second kappa shape index (κ2) is 11.6. The van der Waals surface area contributed by atoms with Crippen molar-refractivity contribution >= 4 is 15.1 Å². The first-order chi connectivity index (χ1) is 17.0. The number of hydrogen-bond acceptors (Lipinski definition) is 2. The Morgan fingerprint density at radius 2 is 1.86 bits per heavy atom. The monoisotopic (exact) mass is 502 g/mol. The molecule has 0 aromatic rings. The smallest absolute Gasteiger partial charge is 0.174 e. The van der Waals surface area contributed by atoms with E-state index in [2.05, 4.69) is 91.3 Å². The zero-order valence-corrected chi connectivity index (χ0v) is 25.5. The topological polar surface area (TPSA) is 32.3 Å². The Labute approximate surface area is 231 Å². The molecule has 203 valence electrons. The van der Waals surface area contributed by atoms with Crippen LogP contribution in [0, 0.1) is 34.0 Å². The highest BCUT2D eigenvalue weighted by Gasteiger charge is 2.53. The van der Waals surface area contributed by atoms with Crippen molar-refractivity contribution in [3.05, 3.63) is 46.8 Å². The molecular weight excluding hydrogens is 448 g/mol. The fraction of sp³-hybridized carbons (Fsp3) is 0.758. The van der Waals surface area contributed by atoms with Gasteiger partial charge < -0.3 is 10.4 Å². The minimum atomic E-state index is -0.748. The Morgan fingerprint density at radius 3 is 2.51 bits per heavy atom. The average Bonchev–Trinajstić information content (AvgIpc) is 2.99. The molecule has 3 rings (SSSR count). The van der Waals surface area contributed by atoms with Gasteiger partial charge in [-0.3, -0.25) is 0 Å². The van der Waals surface area contributed by atoms with E-state index in [1.165, 1.54) is 37.6 Å². The largest absolute Gasteiger partial charge is 0.390 e. The number of fused-ring (bicyclic) bond motifs is 3. The molecule has 1 saturated carbocycles. The van der Waals surface area contributed by atoms with Crippen LogP contribution in [0.1, 0.15) is 107 Å². The van der Waals surface area contributed by atoms with E-state index in [9.17, 15) is 5.11 Å². The number of allylic oxidation sites excluding steroid dienone is 6. The SMILES string of the molecule is [B]C1=CC=C2C3CCC([B]/C=C\C(C)(C)C(C)(C)O)=CC3C(C)(CCCCNC(C)CC(C)(C)C)C2C1. The van der Waals surface area contributed by atoms with Gasteiger partial charge in [0, 0.05) is 11.5 Å². The maximum absolute atomic E-state index is 10.5. The summed E-state index contributed by atoms with van der Waals surface area (Å²) < 4.78 is 0. The Morgan fingerprint density at radius 1 is 1.16 bits per heavy atom. The molecule has 0 bridgehead atoms. The Bertz CT molecular complexity index is 914. The van der Waals surface area contributed by atoms with Crippen molar-refractivity contribution in [3.63, 3.8) is 0 Å². The van der Waals surface area contributed by atoms with Gasteiger partial charge in [0.15, 0.2) is 7.28 Å². The minimum absolute atomic E-state index is 0.252. The van der Waals surface area contributed by atoms with Crippen LogP contribution in [0.15, 0.2) is 46.8 Å². The van der Waals surface area contributed by atoms with Gasteiger partial charge in [-0.2, -0.15) is 0 Å². The van der Waals surface area contributed by atoms with E-state index in [1.54, 1.807) is 5.57 Å². The summed E-state index contributed by atoms with van der Waals surface area (Å²) in [6, 6.07) is 0.568. The van der Waals surface area contributed by atoms with Gasteiger partial charge in [-0.15, -0.1) is 16.9 Å². The lowest BCUT2D eigenvalue weighted by Gasteiger charge is -2.39. The lowest BCUT2D eigenvalue weighted by atomic mass is 9.58. The summed E-state index contributed by atoms with van der Waals surface area (Å²) in [5.74, 6) is 3.97. The number of hydrogen-bond donors (Lipinski definition) is 2. The van der Waals surface area contributed by atoms with E-state index in [1.807, 2.05) is 13.8 Å². The summed E-state index contributed by atoms with van der Waals surface area (Å²) in [4.78, 5) is 0. The fourth-order valence-corrected chi connectivity index (χ4v) is 6.99. The summed E-state index contributed by atoms with van der Waals surface area (Å²) in [6.45, 7) is 20.9. The molecule has 0 aliphatic heterocycles. The van der Waals surface area contributed by atoms with E-state index in [-0.39, 0.29) is 10.8 Å². The van der Waals surface area contributed by atoms with Gasteiger partial charge in [-0.25, -0.2) is 0 Å². The maximum atomic E-state index is 10.5. The van der Waals surface area contributed by atoms with Crippen LogP contribution in [0.5, 0.6) is 0 Å². The molecular formula is C33H54B2NO. The third-order valence-electron chi connectivity index (χ3n) is 9.84. The summed E-state index contributed by atoms with van der Waals surface area (Å²) in [5.41, 5.74) is 3.76. The van der Waals surface area contributed by atoms with Gasteiger partial charge in [0.1, 0.15) is 7.85 Å². The summed E-state index contributed by atoms with van der Waals surface area (Å²) in [6.07, 6.45) is 17.6. The van der Waals surface area contributed by atoms with Crippen LogP contribution in [0.25, 0.3) is 0 Å². The highest BCUT2D eigenvalue weighted by atomic mass is 16.3. The predicted octanol–water partition coefficient (Wildman–Crippen LogP) is 7.51. The van der Waals surface area contributed by atoms with Crippen molar-refractivity contribution in [2.24, 2.45) is 34.0 Å². The number of aliphatic hydroxyl groups is 1. The van der Waals surface area contributed by atoms with Crippen molar-refractivity contribution in [2.75, 3.05) is 6.54 Å². The van der Waals surface area contributed by atoms with Crippen LogP contribution >= 0.6 is 0 Å². The van der Waals surface area contributed by atoms with Gasteiger partial charge in [-0.1, -0.05) is 77.8 Å². The van der Waals surface area contributed by atoms with Crippen LogP contribution in [0.2, 0.25) is 0 Å². The van der Waals surface area contributed by atoms with Crippen LogP contribution in [0.3, 0.4) is 0 Å². The standard InChI is InChI=1S/C33H54B2NO/c1-23(22-30(2,3)4)36-19-11-10-16-33(9)28-20-24(34)12-14-26(28)27-15-13-25(21-29(27)33)35-18-17-31(5,6)32(7,8)37/h12,14,17-18,21,23,27-29,36-37H,10-11,13,15-16,19-20,22H2,1-9H3/b18-17-. The van der Waals surface area contributed by atoms with Crippen LogP contribution in [-0.2, 0) is 0 Å². The summed E-state index contributed by atoms with van der Waals surface area (Å²) >= 11 is 0. The quantitative estimate of drug-likeness (QED) is 0.226. The Kier molecular flexibility index (Phi) is 9.60. The average molecular weight is 502 g/mol. The first kappa shape index (κ1) is 30.5. The van der Waals surface area contributed by atoms with E-state index in [0.717, 1.165) is 24.9 Å². The molecule has 0 amide bonds. The van der Waals surface area contributed by atoms with E-state index >= 15 is 0 Å². The molecule has 3 radical (unpaired) electrons. The number of rotatable bonds is 11. The summed E-state index contributed by atoms with van der Waals surface area (Å²) in [5, 5.41) is 14.3. The number of unbranched alkanes of at least 4 members (excludes halogenated alkanes) is 1. The molecule has 4 heteroatoms.